The van der Waals surface area contributed by atoms with Gasteiger partial charge in [0.05, 0.1) is 17.8 Å². The van der Waals surface area contributed by atoms with Crippen molar-refractivity contribution < 1.29 is 14.3 Å². The maximum absolute atomic E-state index is 13.2. The van der Waals surface area contributed by atoms with Crippen LogP contribution in [0.4, 0.5) is 5.69 Å². The van der Waals surface area contributed by atoms with Crippen LogP contribution in [-0.4, -0.2) is 15.5 Å². The molecule has 152 valence electrons. The number of nitrogens with one attached hydrogen (secondary N) is 1. The summed E-state index contributed by atoms with van der Waals surface area (Å²) < 4.78 is 6.91. The van der Waals surface area contributed by atoms with Crippen LogP contribution in [0.3, 0.4) is 0 Å². The average molecular weight is 402 g/mol. The summed E-state index contributed by atoms with van der Waals surface area (Å²) in [6.07, 6.45) is 1.48. The van der Waals surface area contributed by atoms with Crippen molar-refractivity contribution in [3.8, 4) is 5.75 Å². The summed E-state index contributed by atoms with van der Waals surface area (Å²) in [6, 6.07) is 17.8. The number of anilines is 1. The van der Waals surface area contributed by atoms with Gasteiger partial charge < -0.3 is 19.4 Å². The molecule has 0 aliphatic rings. The number of ketones is 1. The molecule has 6 heteroatoms. The Kier molecular flexibility index (Phi) is 5.14. The first-order valence-electron chi connectivity index (χ1n) is 9.66. The van der Waals surface area contributed by atoms with Crippen LogP contribution in [0.2, 0.25) is 0 Å². The molecule has 0 saturated carbocycles. The number of nitrogens with zero attached hydrogens (tertiary/aromatic N) is 1. The largest absolute Gasteiger partial charge is 0.506 e. The van der Waals surface area contributed by atoms with Crippen LogP contribution in [-0.2, 0) is 7.05 Å². The lowest BCUT2D eigenvalue weighted by molar-refractivity contribution is 0.0969. The van der Waals surface area contributed by atoms with E-state index in [0.717, 1.165) is 11.3 Å². The number of para-hydroxylation sites is 1. The fourth-order valence-electron chi connectivity index (χ4n) is 3.58. The third-order valence-corrected chi connectivity index (χ3v) is 5.22. The number of pyridine rings is 1. The summed E-state index contributed by atoms with van der Waals surface area (Å²) >= 11 is 0. The van der Waals surface area contributed by atoms with Crippen molar-refractivity contribution in [3.05, 3.63) is 94.2 Å². The molecule has 2 aromatic heterocycles. The van der Waals surface area contributed by atoms with E-state index in [2.05, 4.69) is 5.32 Å². The molecule has 0 amide bonds. The van der Waals surface area contributed by atoms with E-state index in [1.54, 1.807) is 43.4 Å². The van der Waals surface area contributed by atoms with Gasteiger partial charge in [-0.2, -0.15) is 0 Å². The molecule has 0 saturated heterocycles. The van der Waals surface area contributed by atoms with E-state index in [1.807, 2.05) is 31.2 Å². The molecule has 0 aliphatic carbocycles. The minimum atomic E-state index is -0.523. The van der Waals surface area contributed by atoms with Gasteiger partial charge in [-0.25, -0.2) is 0 Å². The van der Waals surface area contributed by atoms with Gasteiger partial charge in [0.2, 0.25) is 0 Å². The Balaban J connectivity index is 1.71. The third-order valence-electron chi connectivity index (χ3n) is 5.22. The van der Waals surface area contributed by atoms with Crippen molar-refractivity contribution in [2.75, 3.05) is 5.32 Å². The first-order valence-corrected chi connectivity index (χ1v) is 9.66. The molecule has 0 spiro atoms. The van der Waals surface area contributed by atoms with Gasteiger partial charge in [0.25, 0.3) is 5.56 Å². The van der Waals surface area contributed by atoms with Crippen LogP contribution >= 0.6 is 0 Å². The van der Waals surface area contributed by atoms with Gasteiger partial charge in [0.1, 0.15) is 17.1 Å². The molecule has 4 rings (SSSR count). The molecule has 0 radical (unpaired) electrons. The molecular weight excluding hydrogens is 380 g/mol. The lowest BCUT2D eigenvalue weighted by atomic mass is 10.00. The Morgan fingerprint density at radius 3 is 2.53 bits per heavy atom. The number of benzene rings is 2. The highest BCUT2D eigenvalue weighted by Gasteiger charge is 2.25. The van der Waals surface area contributed by atoms with Crippen molar-refractivity contribution in [3.63, 3.8) is 0 Å². The SMILES string of the molecule is Cc1ccc(N[C@H](CC(=O)c2c(O)c3ccccc3n(C)c2=O)c2ccco2)cc1. The van der Waals surface area contributed by atoms with Gasteiger partial charge in [-0.15, -0.1) is 0 Å². The van der Waals surface area contributed by atoms with Crippen molar-refractivity contribution in [1.29, 1.82) is 0 Å². The van der Waals surface area contributed by atoms with E-state index in [4.69, 9.17) is 4.42 Å². The molecule has 4 aromatic rings. The van der Waals surface area contributed by atoms with Gasteiger partial charge in [-0.1, -0.05) is 29.8 Å². The second-order valence-electron chi connectivity index (χ2n) is 7.31. The maximum atomic E-state index is 13.2. The van der Waals surface area contributed by atoms with Gasteiger partial charge in [-0.3, -0.25) is 9.59 Å². The molecule has 2 N–H and O–H groups in total. The topological polar surface area (TPSA) is 84.5 Å². The summed E-state index contributed by atoms with van der Waals surface area (Å²) in [6.45, 7) is 2.00. The fraction of sp³-hybridized carbons (Fsp3) is 0.167. The Bertz CT molecular complexity index is 1260. The number of aromatic hydroxyl groups is 1. The van der Waals surface area contributed by atoms with Gasteiger partial charge in [-0.05, 0) is 43.3 Å². The smallest absolute Gasteiger partial charge is 0.265 e. The normalized spacial score (nSPS) is 12.1. The number of fused-ring (bicyclic) bond motifs is 1. The summed E-state index contributed by atoms with van der Waals surface area (Å²) in [5, 5.41) is 14.5. The zero-order chi connectivity index (χ0) is 21.3. The molecule has 0 aliphatic heterocycles. The highest BCUT2D eigenvalue weighted by Crippen LogP contribution is 2.30. The van der Waals surface area contributed by atoms with Crippen LogP contribution in [0.1, 0.15) is 34.1 Å². The number of aromatic nitrogens is 1. The minimum absolute atomic E-state index is 0.0530. The quantitative estimate of drug-likeness (QED) is 0.462. The lowest BCUT2D eigenvalue weighted by Crippen LogP contribution is -2.26. The maximum Gasteiger partial charge on any atom is 0.265 e. The number of hydrogen-bond donors (Lipinski definition) is 2. The Morgan fingerprint density at radius 2 is 1.83 bits per heavy atom. The van der Waals surface area contributed by atoms with Crippen LogP contribution in [0.15, 0.2) is 76.1 Å². The van der Waals surface area contributed by atoms with Gasteiger partial charge in [0, 0.05) is 24.5 Å². The second-order valence-corrected chi connectivity index (χ2v) is 7.31. The average Bonchev–Trinajstić information content (AvgIpc) is 3.28. The summed E-state index contributed by atoms with van der Waals surface area (Å²) in [5.41, 5.74) is 1.78. The molecular formula is C24H22N2O4. The van der Waals surface area contributed by atoms with Crippen LogP contribution in [0, 0.1) is 6.92 Å². The van der Waals surface area contributed by atoms with Gasteiger partial charge in [0.15, 0.2) is 5.78 Å². The molecule has 6 nitrogen and oxygen atoms in total. The fourth-order valence-corrected chi connectivity index (χ4v) is 3.58. The van der Waals surface area contributed by atoms with Crippen LogP contribution < -0.4 is 10.9 Å². The minimum Gasteiger partial charge on any atom is -0.506 e. The number of furan rings is 1. The number of carbonyl (C=O) groups excluding carboxylic acids is 1. The third kappa shape index (κ3) is 3.59. The first kappa shape index (κ1) is 19.5. The monoisotopic (exact) mass is 402 g/mol. The summed E-state index contributed by atoms with van der Waals surface area (Å²) in [5.74, 6) is -0.173. The molecule has 0 unspecified atom stereocenters. The number of hydrogen-bond acceptors (Lipinski definition) is 5. The molecule has 2 heterocycles. The molecule has 0 fully saturated rings. The number of Topliss-reactive ketones (excluding diaryl/α,β-unsaturated/α-hetero) is 1. The standard InChI is InChI=1S/C24H22N2O4/c1-15-9-11-16(12-10-15)25-18(21-8-5-13-30-21)14-20(27)22-23(28)17-6-3-4-7-19(17)26(2)24(22)29/h3-13,18,25,28H,14H2,1-2H3/t18-/m1/s1. The predicted octanol–water partition coefficient (Wildman–Crippen LogP) is 4.57. The van der Waals surface area contributed by atoms with E-state index >= 15 is 0 Å². The van der Waals surface area contributed by atoms with Crippen molar-refractivity contribution in [2.45, 2.75) is 19.4 Å². The lowest BCUT2D eigenvalue weighted by Gasteiger charge is -2.18. The van der Waals surface area contributed by atoms with Crippen LogP contribution in [0.5, 0.6) is 5.75 Å². The highest BCUT2D eigenvalue weighted by molar-refractivity contribution is 6.03. The van der Waals surface area contributed by atoms with E-state index < -0.39 is 17.4 Å². The second kappa shape index (κ2) is 7.91. The Hall–Kier alpha value is -3.80. The number of carbonyl (C=O) groups is 1. The zero-order valence-corrected chi connectivity index (χ0v) is 16.8. The summed E-state index contributed by atoms with van der Waals surface area (Å²) in [4.78, 5) is 26.0. The van der Waals surface area contributed by atoms with E-state index in [9.17, 15) is 14.7 Å². The number of aryl methyl sites for hydroxylation is 2. The van der Waals surface area contributed by atoms with Gasteiger partial charge >= 0.3 is 0 Å². The molecule has 30 heavy (non-hydrogen) atoms. The molecule has 1 atom stereocenters. The zero-order valence-electron chi connectivity index (χ0n) is 16.8. The van der Waals surface area contributed by atoms with E-state index in [-0.39, 0.29) is 17.7 Å². The Morgan fingerprint density at radius 1 is 1.10 bits per heavy atom. The van der Waals surface area contributed by atoms with Crippen molar-refractivity contribution >= 4 is 22.4 Å². The van der Waals surface area contributed by atoms with Crippen LogP contribution in [0.25, 0.3) is 10.9 Å². The highest BCUT2D eigenvalue weighted by atomic mass is 16.3. The first-order chi connectivity index (χ1) is 14.5. The Labute approximate surface area is 173 Å². The van der Waals surface area contributed by atoms with Crippen molar-refractivity contribution in [1.82, 2.24) is 4.57 Å². The summed E-state index contributed by atoms with van der Waals surface area (Å²) in [7, 11) is 1.59. The van der Waals surface area contributed by atoms with E-state index in [1.165, 1.54) is 10.8 Å². The van der Waals surface area contributed by atoms with Crippen molar-refractivity contribution in [2.24, 2.45) is 7.05 Å². The van der Waals surface area contributed by atoms with E-state index in [0.29, 0.717) is 16.7 Å². The predicted molar refractivity (Wildman–Crippen MR) is 116 cm³/mol. The molecule has 0 bridgehead atoms. The molecule has 2 aromatic carbocycles. The number of rotatable bonds is 6.